The van der Waals surface area contributed by atoms with Gasteiger partial charge in [-0.3, -0.25) is 9.10 Å². The molecule has 0 saturated heterocycles. The molecule has 0 aliphatic heterocycles. The van der Waals surface area contributed by atoms with E-state index in [1.165, 1.54) is 12.3 Å². The van der Waals surface area contributed by atoms with Crippen molar-refractivity contribution >= 4 is 51.0 Å². The van der Waals surface area contributed by atoms with E-state index in [9.17, 15) is 13.2 Å². The van der Waals surface area contributed by atoms with Gasteiger partial charge in [0.25, 0.3) is 5.91 Å². The van der Waals surface area contributed by atoms with Crippen molar-refractivity contribution in [2.45, 2.75) is 13.5 Å². The van der Waals surface area contributed by atoms with Crippen LogP contribution in [0.25, 0.3) is 0 Å². The molecule has 0 unspecified atom stereocenters. The molecule has 0 aromatic heterocycles. The molecular formula is C25H25Cl2N3O5S. The van der Waals surface area contributed by atoms with Gasteiger partial charge in [0, 0.05) is 5.02 Å². The lowest BCUT2D eigenvalue weighted by Crippen LogP contribution is -2.39. The summed E-state index contributed by atoms with van der Waals surface area (Å²) in [5.41, 5.74) is 4.14. The third-order valence-electron chi connectivity index (χ3n) is 4.79. The average Bonchev–Trinajstić information content (AvgIpc) is 2.83. The number of anilines is 1. The van der Waals surface area contributed by atoms with Gasteiger partial charge in [0.1, 0.15) is 13.2 Å². The molecule has 190 valence electrons. The molecule has 36 heavy (non-hydrogen) atoms. The van der Waals surface area contributed by atoms with Gasteiger partial charge in [0.15, 0.2) is 11.5 Å². The summed E-state index contributed by atoms with van der Waals surface area (Å²) in [6.45, 7) is 2.14. The van der Waals surface area contributed by atoms with Crippen LogP contribution in [0.4, 0.5) is 5.69 Å². The molecule has 3 aromatic rings. The monoisotopic (exact) mass is 549 g/mol. The van der Waals surface area contributed by atoms with Crippen LogP contribution in [0.15, 0.2) is 71.8 Å². The van der Waals surface area contributed by atoms with Crippen LogP contribution in [0.1, 0.15) is 18.1 Å². The van der Waals surface area contributed by atoms with Gasteiger partial charge in [0.05, 0.1) is 29.8 Å². The second-order valence-corrected chi connectivity index (χ2v) is 10.3. The highest BCUT2D eigenvalue weighted by Gasteiger charge is 2.22. The van der Waals surface area contributed by atoms with E-state index in [0.29, 0.717) is 35.3 Å². The Morgan fingerprint density at radius 1 is 1.03 bits per heavy atom. The quantitative estimate of drug-likeness (QED) is 0.271. The highest BCUT2D eigenvalue weighted by Crippen LogP contribution is 2.29. The van der Waals surface area contributed by atoms with E-state index in [-0.39, 0.29) is 10.7 Å². The lowest BCUT2D eigenvalue weighted by Gasteiger charge is -2.22. The van der Waals surface area contributed by atoms with Crippen LogP contribution in [-0.2, 0) is 21.4 Å². The Labute approximate surface area is 220 Å². The molecule has 1 N–H and O–H groups in total. The van der Waals surface area contributed by atoms with Crippen molar-refractivity contribution in [2.24, 2.45) is 5.10 Å². The zero-order valence-corrected chi connectivity index (χ0v) is 22.0. The van der Waals surface area contributed by atoms with E-state index in [4.69, 9.17) is 32.7 Å². The number of nitrogens with zero attached hydrogens (tertiary/aromatic N) is 2. The minimum atomic E-state index is -3.76. The van der Waals surface area contributed by atoms with E-state index in [1.54, 1.807) is 48.5 Å². The van der Waals surface area contributed by atoms with Gasteiger partial charge in [-0.25, -0.2) is 13.8 Å². The second-order valence-electron chi connectivity index (χ2n) is 7.57. The summed E-state index contributed by atoms with van der Waals surface area (Å²) in [6, 6.07) is 18.9. The van der Waals surface area contributed by atoms with Gasteiger partial charge >= 0.3 is 0 Å². The molecule has 0 fully saturated rings. The van der Waals surface area contributed by atoms with Crippen LogP contribution < -0.4 is 19.2 Å². The Morgan fingerprint density at radius 3 is 2.42 bits per heavy atom. The highest BCUT2D eigenvalue weighted by molar-refractivity contribution is 7.92. The molecule has 0 atom stereocenters. The Morgan fingerprint density at radius 2 is 1.75 bits per heavy atom. The maximum absolute atomic E-state index is 12.4. The summed E-state index contributed by atoms with van der Waals surface area (Å²) in [5, 5.41) is 4.80. The standard InChI is InChI=1S/C25H25Cl2N3O5S/c1-3-34-24-14-19(10-13-23(24)35-17-18-8-11-20(26)12-9-18)15-28-29-25(31)16-30(36(2,32)33)22-7-5-4-6-21(22)27/h4-15H,3,16-17H2,1-2H3,(H,29,31)/b28-15-. The number of ether oxygens (including phenoxy) is 2. The first-order valence-electron chi connectivity index (χ1n) is 10.9. The molecule has 3 rings (SSSR count). The number of carbonyl (C=O) groups is 1. The first-order chi connectivity index (χ1) is 17.2. The van der Waals surface area contributed by atoms with Crippen LogP contribution in [-0.4, -0.2) is 39.9 Å². The Bertz CT molecular complexity index is 1330. The minimum absolute atomic E-state index is 0.205. The summed E-state index contributed by atoms with van der Waals surface area (Å²) in [5.74, 6) is 0.435. The molecule has 0 bridgehead atoms. The zero-order chi connectivity index (χ0) is 26.1. The molecule has 0 spiro atoms. The predicted molar refractivity (Wildman–Crippen MR) is 143 cm³/mol. The van der Waals surface area contributed by atoms with Gasteiger partial charge in [-0.05, 0) is 60.5 Å². The van der Waals surface area contributed by atoms with E-state index in [0.717, 1.165) is 16.1 Å². The van der Waals surface area contributed by atoms with E-state index >= 15 is 0 Å². The molecule has 3 aromatic carbocycles. The van der Waals surface area contributed by atoms with Crippen LogP contribution in [0.5, 0.6) is 11.5 Å². The molecule has 0 aliphatic rings. The molecule has 8 nitrogen and oxygen atoms in total. The summed E-state index contributed by atoms with van der Waals surface area (Å²) in [6.07, 6.45) is 2.42. The fraction of sp³-hybridized carbons (Fsp3) is 0.200. The third kappa shape index (κ3) is 7.87. The SMILES string of the molecule is CCOc1cc(/C=N\NC(=O)CN(c2ccccc2Cl)S(C)(=O)=O)ccc1OCc1ccc(Cl)cc1. The van der Waals surface area contributed by atoms with Gasteiger partial charge in [-0.1, -0.05) is 47.5 Å². The Balaban J connectivity index is 1.65. The second kappa shape index (κ2) is 12.6. The van der Waals surface area contributed by atoms with Crippen molar-refractivity contribution in [3.05, 3.63) is 87.9 Å². The number of nitrogens with one attached hydrogen (secondary N) is 1. The third-order valence-corrected chi connectivity index (χ3v) is 6.48. The van der Waals surface area contributed by atoms with E-state index in [1.807, 2.05) is 19.1 Å². The number of rotatable bonds is 11. The fourth-order valence-electron chi connectivity index (χ4n) is 3.11. The van der Waals surface area contributed by atoms with Crippen LogP contribution in [0.3, 0.4) is 0 Å². The number of sulfonamides is 1. The minimum Gasteiger partial charge on any atom is -0.490 e. The fourth-order valence-corrected chi connectivity index (χ4v) is 4.40. The summed E-state index contributed by atoms with van der Waals surface area (Å²) in [7, 11) is -3.76. The summed E-state index contributed by atoms with van der Waals surface area (Å²) in [4.78, 5) is 12.4. The van der Waals surface area contributed by atoms with Crippen molar-refractivity contribution in [3.8, 4) is 11.5 Å². The maximum Gasteiger partial charge on any atom is 0.260 e. The smallest absolute Gasteiger partial charge is 0.260 e. The number of benzene rings is 3. The van der Waals surface area contributed by atoms with Crippen molar-refractivity contribution in [3.63, 3.8) is 0 Å². The van der Waals surface area contributed by atoms with Crippen molar-refractivity contribution in [1.82, 2.24) is 5.43 Å². The van der Waals surface area contributed by atoms with Crippen LogP contribution in [0, 0.1) is 0 Å². The number of para-hydroxylation sites is 1. The lowest BCUT2D eigenvalue weighted by molar-refractivity contribution is -0.119. The maximum atomic E-state index is 12.4. The van der Waals surface area contributed by atoms with Gasteiger partial charge in [-0.15, -0.1) is 0 Å². The molecule has 0 radical (unpaired) electrons. The molecule has 1 amide bonds. The lowest BCUT2D eigenvalue weighted by atomic mass is 10.2. The zero-order valence-electron chi connectivity index (χ0n) is 19.6. The van der Waals surface area contributed by atoms with Gasteiger partial charge < -0.3 is 9.47 Å². The van der Waals surface area contributed by atoms with Crippen molar-refractivity contribution in [2.75, 3.05) is 23.7 Å². The molecular weight excluding hydrogens is 525 g/mol. The number of halogens is 2. The van der Waals surface area contributed by atoms with Crippen molar-refractivity contribution < 1.29 is 22.7 Å². The van der Waals surface area contributed by atoms with Crippen LogP contribution >= 0.6 is 23.2 Å². The summed E-state index contributed by atoms with van der Waals surface area (Å²) < 4.78 is 36.9. The first kappa shape index (κ1) is 27.3. The Hall–Kier alpha value is -3.27. The van der Waals surface area contributed by atoms with Crippen LogP contribution in [0.2, 0.25) is 10.0 Å². The molecule has 0 aliphatic carbocycles. The van der Waals surface area contributed by atoms with E-state index in [2.05, 4.69) is 10.5 Å². The molecule has 0 heterocycles. The number of hydrogen-bond acceptors (Lipinski definition) is 6. The predicted octanol–water partition coefficient (Wildman–Crippen LogP) is 4.89. The average molecular weight is 550 g/mol. The van der Waals surface area contributed by atoms with Crippen molar-refractivity contribution in [1.29, 1.82) is 0 Å². The molecule has 11 heteroatoms. The number of amides is 1. The molecule has 0 saturated carbocycles. The number of hydrogen-bond donors (Lipinski definition) is 1. The number of hydrazone groups is 1. The largest absolute Gasteiger partial charge is 0.490 e. The highest BCUT2D eigenvalue weighted by atomic mass is 35.5. The first-order valence-corrected chi connectivity index (χ1v) is 13.5. The van der Waals surface area contributed by atoms with Gasteiger partial charge in [-0.2, -0.15) is 5.10 Å². The normalized spacial score (nSPS) is 11.3. The number of carbonyl (C=O) groups excluding carboxylic acids is 1. The summed E-state index contributed by atoms with van der Waals surface area (Å²) >= 11 is 12.0. The Kier molecular flexibility index (Phi) is 9.58. The topological polar surface area (TPSA) is 97.3 Å². The van der Waals surface area contributed by atoms with E-state index < -0.39 is 22.5 Å². The van der Waals surface area contributed by atoms with Gasteiger partial charge in [0.2, 0.25) is 10.0 Å².